The number of hydrogen-bond acceptors (Lipinski definition) is 5. The number of thiophene rings is 1. The first-order chi connectivity index (χ1) is 11.9. The number of carbonyl (C=O) groups is 1. The highest BCUT2D eigenvalue weighted by Crippen LogP contribution is 2.27. The predicted molar refractivity (Wildman–Crippen MR) is 106 cm³/mol. The highest BCUT2D eigenvalue weighted by molar-refractivity contribution is 7.99. The van der Waals surface area contributed by atoms with Crippen LogP contribution in [-0.2, 0) is 5.75 Å². The molecule has 130 valence electrons. The Morgan fingerprint density at radius 2 is 1.92 bits per heavy atom. The molecule has 0 saturated heterocycles. The number of ketones is 1. The van der Waals surface area contributed by atoms with E-state index in [2.05, 4.69) is 9.97 Å². The number of rotatable bonds is 5. The second kappa shape index (κ2) is 7.14. The molecular formula is C19H20N2O2S2. The van der Waals surface area contributed by atoms with Crippen molar-refractivity contribution in [3.05, 3.63) is 62.0 Å². The molecule has 3 rings (SSSR count). The van der Waals surface area contributed by atoms with E-state index >= 15 is 0 Å². The minimum atomic E-state index is -0.199. The quantitative estimate of drug-likeness (QED) is 0.674. The van der Waals surface area contributed by atoms with E-state index in [1.807, 2.05) is 52.0 Å². The SMILES string of the molecule is Cc1ccc(C(=O)[C@H](C)SCc2nc3sc(C)c(C)c3c(=O)[nH]2)cc1. The molecule has 0 aliphatic heterocycles. The van der Waals surface area contributed by atoms with Crippen LogP contribution in [-0.4, -0.2) is 21.0 Å². The first-order valence-electron chi connectivity index (χ1n) is 8.08. The minimum absolute atomic E-state index is 0.0937. The average molecular weight is 373 g/mol. The molecule has 2 aromatic heterocycles. The van der Waals surface area contributed by atoms with E-state index in [4.69, 9.17) is 0 Å². The summed E-state index contributed by atoms with van der Waals surface area (Å²) in [6.07, 6.45) is 0. The normalized spacial score (nSPS) is 12.5. The van der Waals surface area contributed by atoms with Crippen molar-refractivity contribution in [1.82, 2.24) is 9.97 Å². The van der Waals surface area contributed by atoms with Gasteiger partial charge in [-0.15, -0.1) is 23.1 Å². The number of carbonyl (C=O) groups excluding carboxylic acids is 1. The van der Waals surface area contributed by atoms with Gasteiger partial charge in [0.2, 0.25) is 0 Å². The van der Waals surface area contributed by atoms with Gasteiger partial charge in [-0.2, -0.15) is 0 Å². The maximum Gasteiger partial charge on any atom is 0.259 e. The van der Waals surface area contributed by atoms with E-state index in [9.17, 15) is 9.59 Å². The molecule has 0 radical (unpaired) electrons. The summed E-state index contributed by atoms with van der Waals surface area (Å²) in [5, 5.41) is 0.482. The van der Waals surface area contributed by atoms with Gasteiger partial charge in [0.05, 0.1) is 16.4 Å². The second-order valence-corrected chi connectivity index (χ2v) is 8.69. The van der Waals surface area contributed by atoms with Crippen molar-refractivity contribution in [2.45, 2.75) is 38.7 Å². The number of nitrogens with zero attached hydrogens (tertiary/aromatic N) is 1. The topological polar surface area (TPSA) is 62.8 Å². The Balaban J connectivity index is 1.74. The molecule has 0 bridgehead atoms. The molecule has 0 saturated carbocycles. The summed E-state index contributed by atoms with van der Waals surface area (Å²) >= 11 is 3.03. The van der Waals surface area contributed by atoms with Crippen LogP contribution in [0.3, 0.4) is 0 Å². The molecule has 1 aromatic carbocycles. The molecule has 0 aliphatic rings. The molecule has 6 heteroatoms. The molecule has 0 spiro atoms. The summed E-state index contributed by atoms with van der Waals surface area (Å²) in [5.74, 6) is 1.21. The highest BCUT2D eigenvalue weighted by atomic mass is 32.2. The van der Waals surface area contributed by atoms with Gasteiger partial charge in [-0.05, 0) is 33.3 Å². The van der Waals surface area contributed by atoms with Crippen LogP contribution in [0, 0.1) is 20.8 Å². The van der Waals surface area contributed by atoms with E-state index in [1.165, 1.54) is 23.1 Å². The van der Waals surface area contributed by atoms with Crippen molar-refractivity contribution in [3.8, 4) is 0 Å². The van der Waals surface area contributed by atoms with Gasteiger partial charge in [0.15, 0.2) is 5.78 Å². The van der Waals surface area contributed by atoms with Crippen molar-refractivity contribution in [2.75, 3.05) is 0 Å². The molecule has 0 amide bonds. The lowest BCUT2D eigenvalue weighted by molar-refractivity contribution is 0.0994. The van der Waals surface area contributed by atoms with Gasteiger partial charge in [0, 0.05) is 10.4 Å². The predicted octanol–water partition coefficient (Wildman–Crippen LogP) is 4.41. The Morgan fingerprint density at radius 1 is 1.24 bits per heavy atom. The standard InChI is InChI=1S/C19H20N2O2S2/c1-10-5-7-14(8-6-10)17(22)13(4)24-9-15-20-18(23)16-11(2)12(3)25-19(16)21-15/h5-8,13H,9H2,1-4H3,(H,20,21,23)/t13-/m0/s1. The van der Waals surface area contributed by atoms with Crippen molar-refractivity contribution >= 4 is 39.1 Å². The van der Waals surface area contributed by atoms with E-state index in [-0.39, 0.29) is 16.6 Å². The fraction of sp³-hybridized carbons (Fsp3) is 0.316. The van der Waals surface area contributed by atoms with E-state index < -0.39 is 0 Å². The molecule has 25 heavy (non-hydrogen) atoms. The maximum atomic E-state index is 12.5. The summed E-state index contributed by atoms with van der Waals surface area (Å²) < 4.78 is 0. The van der Waals surface area contributed by atoms with Gasteiger partial charge in [0.1, 0.15) is 10.7 Å². The Kier molecular flexibility index (Phi) is 5.11. The van der Waals surface area contributed by atoms with Crippen molar-refractivity contribution < 1.29 is 4.79 Å². The number of aryl methyl sites for hydroxylation is 3. The van der Waals surface area contributed by atoms with Gasteiger partial charge >= 0.3 is 0 Å². The highest BCUT2D eigenvalue weighted by Gasteiger charge is 2.17. The summed E-state index contributed by atoms with van der Waals surface area (Å²) in [7, 11) is 0. The number of H-pyrrole nitrogens is 1. The molecule has 1 N–H and O–H groups in total. The zero-order chi connectivity index (χ0) is 18.1. The Morgan fingerprint density at radius 3 is 2.60 bits per heavy atom. The van der Waals surface area contributed by atoms with Gasteiger partial charge in [-0.3, -0.25) is 9.59 Å². The Bertz CT molecular complexity index is 987. The lowest BCUT2D eigenvalue weighted by Gasteiger charge is -2.10. The van der Waals surface area contributed by atoms with E-state index in [0.717, 1.165) is 20.8 Å². The maximum absolute atomic E-state index is 12.5. The second-order valence-electron chi connectivity index (χ2n) is 6.16. The number of Topliss-reactive ketones (excluding diaryl/α,β-unsaturated/α-hetero) is 1. The van der Waals surface area contributed by atoms with Crippen LogP contribution in [0.25, 0.3) is 10.2 Å². The average Bonchev–Trinajstić information content (AvgIpc) is 2.87. The number of fused-ring (bicyclic) bond motifs is 1. The summed E-state index contributed by atoms with van der Waals surface area (Å²) in [5.41, 5.74) is 2.75. The van der Waals surface area contributed by atoms with Crippen LogP contribution in [0.1, 0.15) is 39.1 Å². The zero-order valence-corrected chi connectivity index (χ0v) is 16.3. The van der Waals surface area contributed by atoms with Crippen molar-refractivity contribution in [2.24, 2.45) is 0 Å². The number of aromatic nitrogens is 2. The lowest BCUT2D eigenvalue weighted by Crippen LogP contribution is -2.15. The first kappa shape index (κ1) is 17.9. The van der Waals surface area contributed by atoms with Crippen LogP contribution in [0.15, 0.2) is 29.1 Å². The molecule has 2 heterocycles. The van der Waals surface area contributed by atoms with Crippen LogP contribution < -0.4 is 5.56 Å². The molecule has 0 unspecified atom stereocenters. The third-order valence-corrected chi connectivity index (χ3v) is 6.52. The molecular weight excluding hydrogens is 352 g/mol. The third kappa shape index (κ3) is 3.70. The molecule has 1 atom stereocenters. The van der Waals surface area contributed by atoms with E-state index in [0.29, 0.717) is 22.5 Å². The van der Waals surface area contributed by atoms with Gasteiger partial charge in [0.25, 0.3) is 5.56 Å². The van der Waals surface area contributed by atoms with Crippen molar-refractivity contribution in [1.29, 1.82) is 0 Å². The Hall–Kier alpha value is -1.92. The molecule has 4 nitrogen and oxygen atoms in total. The van der Waals surface area contributed by atoms with Gasteiger partial charge in [-0.25, -0.2) is 4.98 Å². The summed E-state index contributed by atoms with van der Waals surface area (Å²) in [4.78, 5) is 34.1. The smallest absolute Gasteiger partial charge is 0.259 e. The number of aromatic amines is 1. The number of thioether (sulfide) groups is 1. The van der Waals surface area contributed by atoms with Crippen LogP contribution in [0.5, 0.6) is 0 Å². The number of hydrogen-bond donors (Lipinski definition) is 1. The monoisotopic (exact) mass is 372 g/mol. The Labute approximate surface area is 154 Å². The zero-order valence-electron chi connectivity index (χ0n) is 14.7. The summed E-state index contributed by atoms with van der Waals surface area (Å²) in [6, 6.07) is 7.61. The molecule has 3 aromatic rings. The largest absolute Gasteiger partial charge is 0.309 e. The minimum Gasteiger partial charge on any atom is -0.309 e. The fourth-order valence-electron chi connectivity index (χ4n) is 2.60. The van der Waals surface area contributed by atoms with Gasteiger partial charge in [-0.1, -0.05) is 29.8 Å². The first-order valence-corrected chi connectivity index (χ1v) is 9.94. The lowest BCUT2D eigenvalue weighted by atomic mass is 10.1. The van der Waals surface area contributed by atoms with Crippen molar-refractivity contribution in [3.63, 3.8) is 0 Å². The molecule has 0 aliphatic carbocycles. The fourth-order valence-corrected chi connectivity index (χ4v) is 4.48. The van der Waals surface area contributed by atoms with E-state index in [1.54, 1.807) is 0 Å². The summed E-state index contributed by atoms with van der Waals surface area (Å²) in [6.45, 7) is 7.83. The van der Waals surface area contributed by atoms with Gasteiger partial charge < -0.3 is 4.98 Å². The van der Waals surface area contributed by atoms with Crippen LogP contribution in [0.2, 0.25) is 0 Å². The van der Waals surface area contributed by atoms with Crippen LogP contribution in [0.4, 0.5) is 0 Å². The third-order valence-electron chi connectivity index (χ3n) is 4.26. The number of nitrogens with one attached hydrogen (secondary N) is 1. The molecule has 0 fully saturated rings. The number of benzene rings is 1. The van der Waals surface area contributed by atoms with Crippen LogP contribution >= 0.6 is 23.1 Å².